The molecule has 0 saturated carbocycles. The van der Waals surface area contributed by atoms with Gasteiger partial charge < -0.3 is 10.2 Å². The van der Waals surface area contributed by atoms with Gasteiger partial charge in [0.15, 0.2) is 0 Å². The Labute approximate surface area is 112 Å². The summed E-state index contributed by atoms with van der Waals surface area (Å²) < 4.78 is 0. The van der Waals surface area contributed by atoms with E-state index in [2.05, 4.69) is 44.8 Å². The predicted molar refractivity (Wildman–Crippen MR) is 75.6 cm³/mol. The first-order valence-corrected chi connectivity index (χ1v) is 6.75. The van der Waals surface area contributed by atoms with E-state index in [9.17, 15) is 4.79 Å². The van der Waals surface area contributed by atoms with Crippen molar-refractivity contribution in [1.82, 2.24) is 15.1 Å². The summed E-state index contributed by atoms with van der Waals surface area (Å²) in [5, 5.41) is 3.16. The first-order valence-electron chi connectivity index (χ1n) is 6.75. The molecule has 1 unspecified atom stereocenters. The van der Waals surface area contributed by atoms with Crippen LogP contribution < -0.4 is 5.32 Å². The SMILES string of the molecule is CNCC1C(=O)N(C)CC(C)(C)CN1C(C)(C)C. The van der Waals surface area contributed by atoms with Gasteiger partial charge in [-0.2, -0.15) is 0 Å². The molecule has 1 amide bonds. The Balaban J connectivity index is 3.11. The zero-order valence-electron chi connectivity index (χ0n) is 13.0. The topological polar surface area (TPSA) is 35.6 Å². The molecule has 1 saturated heterocycles. The molecule has 0 bridgehead atoms. The van der Waals surface area contributed by atoms with E-state index in [0.29, 0.717) is 6.54 Å². The van der Waals surface area contributed by atoms with Crippen LogP contribution in [0.4, 0.5) is 0 Å². The van der Waals surface area contributed by atoms with Gasteiger partial charge in [0.25, 0.3) is 0 Å². The average Bonchev–Trinajstić information content (AvgIpc) is 2.27. The Morgan fingerprint density at radius 1 is 1.33 bits per heavy atom. The first-order chi connectivity index (χ1) is 8.08. The van der Waals surface area contributed by atoms with E-state index in [1.165, 1.54) is 0 Å². The van der Waals surface area contributed by atoms with E-state index in [1.54, 1.807) is 0 Å². The smallest absolute Gasteiger partial charge is 0.241 e. The highest BCUT2D eigenvalue weighted by atomic mass is 16.2. The Bertz CT molecular complexity index is 307. The van der Waals surface area contributed by atoms with E-state index in [1.807, 2.05) is 19.0 Å². The van der Waals surface area contributed by atoms with Crippen LogP contribution in [0.25, 0.3) is 0 Å². The second-order valence-electron chi connectivity index (χ2n) is 7.23. The van der Waals surface area contributed by atoms with Gasteiger partial charge in [-0.25, -0.2) is 0 Å². The van der Waals surface area contributed by atoms with Gasteiger partial charge in [0.2, 0.25) is 5.91 Å². The van der Waals surface area contributed by atoms with Crippen molar-refractivity contribution >= 4 is 5.91 Å². The minimum Gasteiger partial charge on any atom is -0.344 e. The Morgan fingerprint density at radius 2 is 1.89 bits per heavy atom. The maximum absolute atomic E-state index is 12.5. The molecule has 0 aromatic carbocycles. The fourth-order valence-electron chi connectivity index (χ4n) is 2.82. The third-order valence-corrected chi connectivity index (χ3v) is 3.56. The second kappa shape index (κ2) is 5.17. The molecule has 1 fully saturated rings. The summed E-state index contributed by atoms with van der Waals surface area (Å²) in [6.07, 6.45) is 0. The molecule has 0 spiro atoms. The molecule has 4 nitrogen and oxygen atoms in total. The summed E-state index contributed by atoms with van der Waals surface area (Å²) in [5.41, 5.74) is 0.125. The van der Waals surface area contributed by atoms with Crippen LogP contribution in [0, 0.1) is 5.41 Å². The van der Waals surface area contributed by atoms with Gasteiger partial charge >= 0.3 is 0 Å². The number of carbonyl (C=O) groups excluding carboxylic acids is 1. The minimum absolute atomic E-state index is 0.000370. The lowest BCUT2D eigenvalue weighted by molar-refractivity contribution is -0.135. The molecular weight excluding hydrogens is 226 g/mol. The largest absolute Gasteiger partial charge is 0.344 e. The summed E-state index contributed by atoms with van der Waals surface area (Å²) in [4.78, 5) is 16.7. The number of rotatable bonds is 2. The monoisotopic (exact) mass is 255 g/mol. The van der Waals surface area contributed by atoms with Crippen molar-refractivity contribution in [2.75, 3.05) is 33.7 Å². The van der Waals surface area contributed by atoms with Crippen molar-refractivity contribution in [3.05, 3.63) is 0 Å². The van der Waals surface area contributed by atoms with Crippen molar-refractivity contribution in [3.63, 3.8) is 0 Å². The molecule has 18 heavy (non-hydrogen) atoms. The van der Waals surface area contributed by atoms with Crippen molar-refractivity contribution < 1.29 is 4.79 Å². The summed E-state index contributed by atoms with van der Waals surface area (Å²) in [7, 11) is 3.82. The van der Waals surface area contributed by atoms with Crippen LogP contribution in [0.5, 0.6) is 0 Å². The molecule has 1 aliphatic heterocycles. The molecule has 1 aliphatic rings. The number of hydrogen-bond donors (Lipinski definition) is 1. The molecule has 0 aromatic heterocycles. The predicted octanol–water partition coefficient (Wildman–Crippen LogP) is 1.17. The highest BCUT2D eigenvalue weighted by molar-refractivity contribution is 5.82. The standard InChI is InChI=1S/C14H29N3O/c1-13(2,3)17-10-14(4,5)9-16(7)12(18)11(17)8-15-6/h11,15H,8-10H2,1-7H3. The normalized spacial score (nSPS) is 26.3. The fraction of sp³-hybridized carbons (Fsp3) is 0.929. The molecule has 0 aromatic rings. The summed E-state index contributed by atoms with van der Waals surface area (Å²) >= 11 is 0. The Kier molecular flexibility index (Phi) is 4.44. The van der Waals surface area contributed by atoms with Gasteiger partial charge in [0, 0.05) is 32.2 Å². The summed E-state index contributed by atoms with van der Waals surface area (Å²) in [6.45, 7) is 13.5. The molecule has 0 radical (unpaired) electrons. The molecule has 1 N–H and O–H groups in total. The third kappa shape index (κ3) is 3.45. The minimum atomic E-state index is -0.0678. The number of likely N-dealkylation sites (N-methyl/N-ethyl adjacent to an activating group) is 2. The zero-order valence-corrected chi connectivity index (χ0v) is 13.0. The Hall–Kier alpha value is -0.610. The van der Waals surface area contributed by atoms with Crippen molar-refractivity contribution in [2.24, 2.45) is 5.41 Å². The van der Waals surface area contributed by atoms with E-state index >= 15 is 0 Å². The van der Waals surface area contributed by atoms with E-state index in [-0.39, 0.29) is 22.9 Å². The highest BCUT2D eigenvalue weighted by Gasteiger charge is 2.41. The molecule has 0 aliphatic carbocycles. The molecule has 1 atom stereocenters. The maximum Gasteiger partial charge on any atom is 0.241 e. The van der Waals surface area contributed by atoms with Gasteiger partial charge in [0.1, 0.15) is 6.04 Å². The number of hydrogen-bond acceptors (Lipinski definition) is 3. The van der Waals surface area contributed by atoms with Crippen LogP contribution >= 0.6 is 0 Å². The molecule has 1 heterocycles. The van der Waals surface area contributed by atoms with Gasteiger partial charge in [-0.3, -0.25) is 9.69 Å². The van der Waals surface area contributed by atoms with Gasteiger partial charge in [-0.1, -0.05) is 13.8 Å². The van der Waals surface area contributed by atoms with E-state index < -0.39 is 0 Å². The fourth-order valence-corrected chi connectivity index (χ4v) is 2.82. The quantitative estimate of drug-likeness (QED) is 0.804. The lowest BCUT2D eigenvalue weighted by Gasteiger charge is -2.42. The number of nitrogens with one attached hydrogen (secondary N) is 1. The lowest BCUT2D eigenvalue weighted by Crippen LogP contribution is -2.57. The molecule has 4 heteroatoms. The van der Waals surface area contributed by atoms with Gasteiger partial charge in [-0.15, -0.1) is 0 Å². The first kappa shape index (κ1) is 15.4. The summed E-state index contributed by atoms with van der Waals surface area (Å²) in [5.74, 6) is 0.227. The van der Waals surface area contributed by atoms with Crippen LogP contribution in [-0.4, -0.2) is 61.0 Å². The Morgan fingerprint density at radius 3 is 2.33 bits per heavy atom. The number of amides is 1. The molecular formula is C14H29N3O. The van der Waals surface area contributed by atoms with Crippen molar-refractivity contribution in [2.45, 2.75) is 46.2 Å². The highest BCUT2D eigenvalue weighted by Crippen LogP contribution is 2.29. The maximum atomic E-state index is 12.5. The van der Waals surface area contributed by atoms with Gasteiger partial charge in [0.05, 0.1) is 0 Å². The van der Waals surface area contributed by atoms with E-state index in [4.69, 9.17) is 0 Å². The van der Waals surface area contributed by atoms with Crippen molar-refractivity contribution in [1.29, 1.82) is 0 Å². The van der Waals surface area contributed by atoms with Crippen LogP contribution in [0.15, 0.2) is 0 Å². The molecule has 106 valence electrons. The van der Waals surface area contributed by atoms with Crippen LogP contribution in [0.2, 0.25) is 0 Å². The van der Waals surface area contributed by atoms with Crippen LogP contribution in [0.1, 0.15) is 34.6 Å². The number of nitrogens with zero attached hydrogens (tertiary/aromatic N) is 2. The van der Waals surface area contributed by atoms with Gasteiger partial charge in [-0.05, 0) is 33.2 Å². The number of carbonyl (C=O) groups is 1. The van der Waals surface area contributed by atoms with E-state index in [0.717, 1.165) is 13.1 Å². The second-order valence-corrected chi connectivity index (χ2v) is 7.23. The zero-order chi connectivity index (χ0) is 14.1. The average molecular weight is 255 g/mol. The van der Waals surface area contributed by atoms with Crippen molar-refractivity contribution in [3.8, 4) is 0 Å². The van der Waals surface area contributed by atoms with Crippen LogP contribution in [0.3, 0.4) is 0 Å². The summed E-state index contributed by atoms with van der Waals surface area (Å²) in [6, 6.07) is -0.0678. The molecule has 1 rings (SSSR count). The van der Waals surface area contributed by atoms with Crippen LogP contribution in [-0.2, 0) is 4.79 Å². The third-order valence-electron chi connectivity index (χ3n) is 3.56. The lowest BCUT2D eigenvalue weighted by atomic mass is 9.90.